The summed E-state index contributed by atoms with van der Waals surface area (Å²) in [6, 6.07) is 5.99. The summed E-state index contributed by atoms with van der Waals surface area (Å²) in [5, 5.41) is 2.70. The van der Waals surface area contributed by atoms with E-state index in [-0.39, 0.29) is 23.5 Å². The van der Waals surface area contributed by atoms with Crippen molar-refractivity contribution in [3.05, 3.63) is 29.8 Å². The Bertz CT molecular complexity index is 729. The summed E-state index contributed by atoms with van der Waals surface area (Å²) in [6.45, 7) is 4.00. The van der Waals surface area contributed by atoms with Gasteiger partial charge in [0.05, 0.1) is 23.7 Å². The van der Waals surface area contributed by atoms with Crippen LogP contribution in [0.5, 0.6) is 5.75 Å². The molecule has 8 heteroatoms. The van der Waals surface area contributed by atoms with E-state index in [2.05, 4.69) is 5.32 Å². The monoisotopic (exact) mass is 383 g/mol. The lowest BCUT2D eigenvalue weighted by Crippen LogP contribution is -2.43. The van der Waals surface area contributed by atoms with Crippen LogP contribution in [0.3, 0.4) is 0 Å². The molecule has 2 rings (SSSR count). The number of ether oxygens (including phenoxy) is 2. The Balaban J connectivity index is 1.83. The van der Waals surface area contributed by atoms with Crippen molar-refractivity contribution < 1.29 is 27.5 Å². The zero-order chi connectivity index (χ0) is 19.2. The Morgan fingerprint density at radius 2 is 1.96 bits per heavy atom. The van der Waals surface area contributed by atoms with Crippen molar-refractivity contribution in [1.82, 2.24) is 5.32 Å². The van der Waals surface area contributed by atoms with Crippen LogP contribution in [0.25, 0.3) is 0 Å². The Kier molecular flexibility index (Phi) is 7.02. The van der Waals surface area contributed by atoms with Gasteiger partial charge in [-0.15, -0.1) is 0 Å². The second-order valence-corrected chi connectivity index (χ2v) is 8.61. The molecular formula is C18H25NO6S. The average molecular weight is 383 g/mol. The van der Waals surface area contributed by atoms with Crippen molar-refractivity contribution in [2.24, 2.45) is 0 Å². The molecule has 1 fully saturated rings. The maximum Gasteiger partial charge on any atom is 0.338 e. The Morgan fingerprint density at radius 1 is 1.27 bits per heavy atom. The largest absolute Gasteiger partial charge is 0.481 e. The van der Waals surface area contributed by atoms with Crippen molar-refractivity contribution in [1.29, 1.82) is 0 Å². The van der Waals surface area contributed by atoms with E-state index in [1.165, 1.54) is 0 Å². The molecule has 1 aliphatic heterocycles. The first-order chi connectivity index (χ1) is 12.3. The first kappa shape index (κ1) is 20.2. The van der Waals surface area contributed by atoms with Crippen LogP contribution >= 0.6 is 0 Å². The van der Waals surface area contributed by atoms with Crippen LogP contribution in [-0.2, 0) is 19.4 Å². The van der Waals surface area contributed by atoms with Crippen LogP contribution in [0.15, 0.2) is 24.3 Å². The highest BCUT2D eigenvalue weighted by molar-refractivity contribution is 7.91. The van der Waals surface area contributed by atoms with Gasteiger partial charge >= 0.3 is 5.97 Å². The fraction of sp³-hybridized carbons (Fsp3) is 0.556. The van der Waals surface area contributed by atoms with E-state index in [0.717, 1.165) is 12.8 Å². The number of carbonyl (C=O) groups excluding carboxylic acids is 2. The number of hydrogen-bond donors (Lipinski definition) is 1. The highest BCUT2D eigenvalue weighted by Crippen LogP contribution is 2.16. The molecule has 1 aromatic carbocycles. The number of benzene rings is 1. The Morgan fingerprint density at radius 3 is 2.54 bits per heavy atom. The molecule has 0 aliphatic carbocycles. The van der Waals surface area contributed by atoms with Gasteiger partial charge in [0.15, 0.2) is 15.9 Å². The SMILES string of the molecule is CCCCOC(=O)c1ccc(O[C@H](C)C(=O)N[C@H]2CCS(=O)(=O)C2)cc1. The molecule has 26 heavy (non-hydrogen) atoms. The molecule has 1 saturated heterocycles. The standard InChI is InChI=1S/C18H25NO6S/c1-3-4-10-24-18(21)14-5-7-16(8-6-14)25-13(2)17(20)19-15-9-11-26(22,23)12-15/h5-8,13,15H,3-4,9-12H2,1-2H3,(H,19,20)/t13-,15+/m1/s1. The van der Waals surface area contributed by atoms with E-state index >= 15 is 0 Å². The molecule has 0 radical (unpaired) electrons. The van der Waals surface area contributed by atoms with E-state index in [9.17, 15) is 18.0 Å². The second-order valence-electron chi connectivity index (χ2n) is 6.38. The second kappa shape index (κ2) is 9.02. The van der Waals surface area contributed by atoms with Gasteiger partial charge in [-0.3, -0.25) is 4.79 Å². The average Bonchev–Trinajstić information content (AvgIpc) is 2.94. The van der Waals surface area contributed by atoms with Gasteiger partial charge in [-0.25, -0.2) is 13.2 Å². The lowest BCUT2D eigenvalue weighted by molar-refractivity contribution is -0.127. The number of rotatable bonds is 8. The summed E-state index contributed by atoms with van der Waals surface area (Å²) >= 11 is 0. The Hall–Kier alpha value is -2.09. The van der Waals surface area contributed by atoms with Crippen molar-refractivity contribution in [3.63, 3.8) is 0 Å². The van der Waals surface area contributed by atoms with Gasteiger partial charge < -0.3 is 14.8 Å². The molecule has 0 saturated carbocycles. The highest BCUT2D eigenvalue weighted by atomic mass is 32.2. The van der Waals surface area contributed by atoms with Crippen molar-refractivity contribution in [2.75, 3.05) is 18.1 Å². The summed E-state index contributed by atoms with van der Waals surface area (Å²) in [6.07, 6.45) is 1.42. The van der Waals surface area contributed by atoms with Crippen LogP contribution in [0.4, 0.5) is 0 Å². The number of unbranched alkanes of at least 4 members (excludes halogenated alkanes) is 1. The first-order valence-corrected chi connectivity index (χ1v) is 10.6. The summed E-state index contributed by atoms with van der Waals surface area (Å²) in [4.78, 5) is 24.0. The zero-order valence-corrected chi connectivity index (χ0v) is 15.9. The van der Waals surface area contributed by atoms with E-state index < -0.39 is 21.9 Å². The topological polar surface area (TPSA) is 98.8 Å². The van der Waals surface area contributed by atoms with Gasteiger partial charge in [0.25, 0.3) is 5.91 Å². The van der Waals surface area contributed by atoms with Gasteiger partial charge in [-0.1, -0.05) is 13.3 Å². The molecule has 0 spiro atoms. The predicted molar refractivity (Wildman–Crippen MR) is 96.9 cm³/mol. The maximum absolute atomic E-state index is 12.1. The minimum atomic E-state index is -3.05. The van der Waals surface area contributed by atoms with Crippen LogP contribution in [-0.4, -0.2) is 50.6 Å². The molecule has 1 aliphatic rings. The van der Waals surface area contributed by atoms with Crippen LogP contribution < -0.4 is 10.1 Å². The minimum absolute atomic E-state index is 0.0275. The smallest absolute Gasteiger partial charge is 0.338 e. The number of carbonyl (C=O) groups is 2. The number of sulfone groups is 1. The third kappa shape index (κ3) is 6.01. The summed E-state index contributed by atoms with van der Waals surface area (Å²) < 4.78 is 33.5. The highest BCUT2D eigenvalue weighted by Gasteiger charge is 2.30. The molecule has 144 valence electrons. The number of nitrogens with one attached hydrogen (secondary N) is 1. The van der Waals surface area contributed by atoms with Crippen molar-refractivity contribution in [2.45, 2.75) is 45.3 Å². The molecule has 2 atom stereocenters. The van der Waals surface area contributed by atoms with Crippen molar-refractivity contribution >= 4 is 21.7 Å². The summed E-state index contributed by atoms with van der Waals surface area (Å²) in [5.74, 6) is -0.242. The molecule has 1 amide bonds. The van der Waals surface area contributed by atoms with Gasteiger partial charge in [-0.2, -0.15) is 0 Å². The van der Waals surface area contributed by atoms with Gasteiger partial charge in [0, 0.05) is 6.04 Å². The molecule has 7 nitrogen and oxygen atoms in total. The molecule has 0 aromatic heterocycles. The van der Waals surface area contributed by atoms with E-state index in [1.54, 1.807) is 31.2 Å². The zero-order valence-electron chi connectivity index (χ0n) is 15.1. The molecule has 1 heterocycles. The summed E-state index contributed by atoms with van der Waals surface area (Å²) in [7, 11) is -3.05. The summed E-state index contributed by atoms with van der Waals surface area (Å²) in [5.41, 5.74) is 0.418. The molecular weight excluding hydrogens is 358 g/mol. The molecule has 0 bridgehead atoms. The van der Waals surface area contributed by atoms with E-state index in [0.29, 0.717) is 24.3 Å². The number of amides is 1. The normalized spacial score (nSPS) is 19.5. The van der Waals surface area contributed by atoms with Gasteiger partial charge in [0.1, 0.15) is 5.75 Å². The Labute approximate surface area is 154 Å². The van der Waals surface area contributed by atoms with E-state index in [4.69, 9.17) is 9.47 Å². The minimum Gasteiger partial charge on any atom is -0.481 e. The van der Waals surface area contributed by atoms with Crippen molar-refractivity contribution in [3.8, 4) is 5.75 Å². The quantitative estimate of drug-likeness (QED) is 0.542. The third-order valence-electron chi connectivity index (χ3n) is 4.08. The van der Waals surface area contributed by atoms with Gasteiger partial charge in [-0.05, 0) is 44.0 Å². The van der Waals surface area contributed by atoms with Gasteiger partial charge in [0.2, 0.25) is 0 Å². The number of esters is 1. The van der Waals surface area contributed by atoms with Crippen LogP contribution in [0.2, 0.25) is 0 Å². The first-order valence-electron chi connectivity index (χ1n) is 8.75. The molecule has 1 N–H and O–H groups in total. The van der Waals surface area contributed by atoms with E-state index in [1.807, 2.05) is 6.92 Å². The maximum atomic E-state index is 12.1. The van der Waals surface area contributed by atoms with Crippen LogP contribution in [0, 0.1) is 0 Å². The third-order valence-corrected chi connectivity index (χ3v) is 5.85. The fourth-order valence-electron chi connectivity index (χ4n) is 2.55. The molecule has 0 unspecified atom stereocenters. The predicted octanol–water partition coefficient (Wildman–Crippen LogP) is 1.71. The lowest BCUT2D eigenvalue weighted by atomic mass is 10.2. The lowest BCUT2D eigenvalue weighted by Gasteiger charge is -2.17. The number of hydrogen-bond acceptors (Lipinski definition) is 6. The van der Waals surface area contributed by atoms with Crippen LogP contribution in [0.1, 0.15) is 43.5 Å². The molecule has 1 aromatic rings. The fourth-order valence-corrected chi connectivity index (χ4v) is 4.22.